The van der Waals surface area contributed by atoms with Gasteiger partial charge in [0.15, 0.2) is 0 Å². The molecule has 89 heavy (non-hydrogen) atoms. The summed E-state index contributed by atoms with van der Waals surface area (Å²) in [5, 5.41) is 2.28. The maximum atomic E-state index is 7.08. The molecule has 11 aromatic rings. The molecule has 0 bridgehead atoms. The maximum absolute atomic E-state index is 7.08. The van der Waals surface area contributed by atoms with Crippen molar-refractivity contribution in [1.29, 1.82) is 0 Å². The van der Waals surface area contributed by atoms with Crippen LogP contribution in [0.5, 0.6) is 0 Å². The van der Waals surface area contributed by atoms with E-state index in [1.54, 1.807) is 0 Å². The molecule has 2 atom stereocenters. The zero-order valence-electron chi connectivity index (χ0n) is 54.2. The summed E-state index contributed by atoms with van der Waals surface area (Å²) in [7, 11) is 0. The molecule has 2 unspecified atom stereocenters. The van der Waals surface area contributed by atoms with Gasteiger partial charge < -0.3 is 19.1 Å². The number of benzene rings is 10. The second kappa shape index (κ2) is 19.5. The van der Waals surface area contributed by atoms with E-state index in [1.807, 2.05) is 0 Å². The van der Waals surface area contributed by atoms with Gasteiger partial charge in [0.2, 0.25) is 0 Å². The summed E-state index contributed by atoms with van der Waals surface area (Å²) in [4.78, 5) is 8.17. The molecule has 0 N–H and O–H groups in total. The predicted octanol–water partition coefficient (Wildman–Crippen LogP) is 21.4. The van der Waals surface area contributed by atoms with Gasteiger partial charge in [-0.3, -0.25) is 0 Å². The van der Waals surface area contributed by atoms with Gasteiger partial charge in [0, 0.05) is 67.1 Å². The fourth-order valence-corrected chi connectivity index (χ4v) is 17.0. The molecule has 5 aliphatic rings. The zero-order chi connectivity index (χ0) is 61.3. The number of hydrogen-bond donors (Lipinski definition) is 0. The first-order chi connectivity index (χ1) is 42.6. The van der Waals surface area contributed by atoms with E-state index in [9.17, 15) is 0 Å². The lowest BCUT2D eigenvalue weighted by molar-refractivity contribution is 0.195. The molecular formula is C84H82BN3O. The van der Waals surface area contributed by atoms with Gasteiger partial charge in [0.1, 0.15) is 11.2 Å². The van der Waals surface area contributed by atoms with Crippen LogP contribution in [-0.2, 0) is 27.1 Å². The lowest BCUT2D eigenvalue weighted by Gasteiger charge is -2.53. The highest BCUT2D eigenvalue weighted by atomic mass is 16.3. The van der Waals surface area contributed by atoms with Crippen LogP contribution in [-0.4, -0.2) is 12.3 Å². The summed E-state index contributed by atoms with van der Waals surface area (Å²) < 4.78 is 7.08. The highest BCUT2D eigenvalue weighted by molar-refractivity contribution is 7.00. The van der Waals surface area contributed by atoms with Crippen LogP contribution in [0.4, 0.5) is 45.5 Å². The van der Waals surface area contributed by atoms with Crippen molar-refractivity contribution in [3.8, 4) is 33.4 Å². The summed E-state index contributed by atoms with van der Waals surface area (Å²) in [6, 6.07) is 79.8. The molecule has 5 heteroatoms. The first-order valence-electron chi connectivity index (χ1n) is 32.9. The molecule has 1 fully saturated rings. The molecule has 3 aliphatic heterocycles. The fraction of sp³-hybridized carbons (Fsp3) is 0.286. The third kappa shape index (κ3) is 8.39. The van der Waals surface area contributed by atoms with Crippen molar-refractivity contribution in [2.45, 2.75) is 154 Å². The third-order valence-electron chi connectivity index (χ3n) is 22.4. The molecule has 1 aromatic heterocycles. The smallest absolute Gasteiger partial charge is 0.252 e. The highest BCUT2D eigenvalue weighted by Crippen LogP contribution is 2.63. The van der Waals surface area contributed by atoms with Crippen LogP contribution in [0.15, 0.2) is 211 Å². The summed E-state index contributed by atoms with van der Waals surface area (Å²) >= 11 is 0. The quantitative estimate of drug-likeness (QED) is 0.148. The Morgan fingerprint density at radius 2 is 1.01 bits per heavy atom. The minimum absolute atomic E-state index is 0.000372. The standard InChI is InChI=1S/C84H82BN3O/c1-79(2,3)57-32-36-59(37-33-57)86(60-38-34-58(35-39-60)80(4,5)6)61-40-41-69-72(50-61)87(71-52-67-66(81(7,8)44-45-82(67,9)10)51-65(71)54-26-17-14-18-27-54)73-48-56(62-29-23-30-64-63-28-19-20-31-75(63)89-78(62)64)49-74-76(73)85(69)70-47-55(53-24-15-13-16-25-53)46-68-77(70)88(74)84(12)43-22-21-42-83(68,84)11/h13-20,23-41,46-52H,21-22,42-45H2,1-12H3. The molecule has 0 radical (unpaired) electrons. The molecule has 442 valence electrons. The number of para-hydroxylation sites is 2. The lowest BCUT2D eigenvalue weighted by atomic mass is 9.33. The van der Waals surface area contributed by atoms with Crippen molar-refractivity contribution in [3.05, 3.63) is 234 Å². The molecule has 16 rings (SSSR count). The van der Waals surface area contributed by atoms with Gasteiger partial charge in [-0.15, -0.1) is 0 Å². The van der Waals surface area contributed by atoms with Gasteiger partial charge in [-0.25, -0.2) is 0 Å². The third-order valence-corrected chi connectivity index (χ3v) is 22.4. The Kier molecular flexibility index (Phi) is 12.2. The minimum atomic E-state index is -0.211. The van der Waals surface area contributed by atoms with E-state index in [4.69, 9.17) is 4.42 Å². The number of nitrogens with zero attached hydrogens (tertiary/aromatic N) is 3. The van der Waals surface area contributed by atoms with E-state index >= 15 is 0 Å². The average molecular weight is 1160 g/mol. The van der Waals surface area contributed by atoms with Gasteiger partial charge in [0.05, 0.1) is 11.2 Å². The van der Waals surface area contributed by atoms with Gasteiger partial charge in [-0.1, -0.05) is 222 Å². The summed E-state index contributed by atoms with van der Waals surface area (Å²) in [6.45, 7) is 28.9. The van der Waals surface area contributed by atoms with E-state index < -0.39 is 0 Å². The average Bonchev–Trinajstić information content (AvgIpc) is 1.56. The summed E-state index contributed by atoms with van der Waals surface area (Å²) in [6.07, 6.45) is 6.87. The summed E-state index contributed by atoms with van der Waals surface area (Å²) in [5.41, 5.74) is 29.5. The van der Waals surface area contributed by atoms with Gasteiger partial charge in [0.25, 0.3) is 6.71 Å². The molecule has 0 amide bonds. The normalized spacial score (nSPS) is 19.4. The molecule has 1 saturated carbocycles. The van der Waals surface area contributed by atoms with E-state index in [1.165, 1.54) is 108 Å². The van der Waals surface area contributed by atoms with Crippen molar-refractivity contribution < 1.29 is 4.42 Å². The molecule has 0 saturated heterocycles. The van der Waals surface area contributed by atoms with Crippen LogP contribution < -0.4 is 31.1 Å². The maximum Gasteiger partial charge on any atom is 0.252 e. The van der Waals surface area contributed by atoms with E-state index in [0.717, 1.165) is 75.8 Å². The van der Waals surface area contributed by atoms with Crippen LogP contribution in [0.2, 0.25) is 0 Å². The van der Waals surface area contributed by atoms with Crippen LogP contribution in [0.25, 0.3) is 55.3 Å². The van der Waals surface area contributed by atoms with E-state index in [0.29, 0.717) is 0 Å². The Morgan fingerprint density at radius 1 is 0.427 bits per heavy atom. The minimum Gasteiger partial charge on any atom is -0.455 e. The van der Waals surface area contributed by atoms with E-state index in [2.05, 4.69) is 304 Å². The van der Waals surface area contributed by atoms with Crippen LogP contribution in [0.1, 0.15) is 149 Å². The molecule has 4 heterocycles. The summed E-state index contributed by atoms with van der Waals surface area (Å²) in [5.74, 6) is 0. The second-order valence-corrected chi connectivity index (χ2v) is 30.7. The second-order valence-electron chi connectivity index (χ2n) is 30.7. The number of hydrogen-bond acceptors (Lipinski definition) is 4. The van der Waals surface area contributed by atoms with Crippen LogP contribution in [0, 0.1) is 0 Å². The lowest BCUT2D eigenvalue weighted by Crippen LogP contribution is -2.64. The topological polar surface area (TPSA) is 22.9 Å². The Hall–Kier alpha value is -8.54. The Morgan fingerprint density at radius 3 is 1.67 bits per heavy atom. The Labute approximate surface area is 528 Å². The van der Waals surface area contributed by atoms with Gasteiger partial charge >= 0.3 is 0 Å². The number of anilines is 8. The van der Waals surface area contributed by atoms with Crippen molar-refractivity contribution >= 4 is 90.5 Å². The number of rotatable bonds is 7. The largest absolute Gasteiger partial charge is 0.455 e. The molecule has 10 aromatic carbocycles. The number of furan rings is 1. The first kappa shape index (κ1) is 55.8. The van der Waals surface area contributed by atoms with E-state index in [-0.39, 0.29) is 39.3 Å². The van der Waals surface area contributed by atoms with Gasteiger partial charge in [-0.2, -0.15) is 0 Å². The molecule has 4 nitrogen and oxygen atoms in total. The fourth-order valence-electron chi connectivity index (χ4n) is 17.0. The highest BCUT2D eigenvalue weighted by Gasteiger charge is 2.62. The van der Waals surface area contributed by atoms with Crippen molar-refractivity contribution in [1.82, 2.24) is 0 Å². The SMILES string of the molecule is CC(C)(C)c1ccc(N(c2ccc(C(C)(C)C)cc2)c2ccc3c(c2)N(c2cc4c(cc2-c2ccccc2)C(C)(C)CCC4(C)C)c2cc(-c4cccc5c4oc4ccccc45)cc4c2B3c2cc(-c3ccccc3)cc3c2N4C2(C)CCCCC32C)cc1. The monoisotopic (exact) mass is 1160 g/mol. The molecule has 2 aliphatic carbocycles. The van der Waals surface area contributed by atoms with Crippen LogP contribution >= 0.6 is 0 Å². The number of fused-ring (bicyclic) bond motifs is 11. The zero-order valence-corrected chi connectivity index (χ0v) is 54.2. The predicted molar refractivity (Wildman–Crippen MR) is 380 cm³/mol. The van der Waals surface area contributed by atoms with Crippen molar-refractivity contribution in [2.75, 3.05) is 14.7 Å². The Bertz CT molecular complexity index is 4620. The Balaban J connectivity index is 1.06. The van der Waals surface area contributed by atoms with Crippen molar-refractivity contribution in [3.63, 3.8) is 0 Å². The van der Waals surface area contributed by atoms with Gasteiger partial charge in [-0.05, 0) is 194 Å². The molecular weight excluding hydrogens is 1080 g/mol. The first-order valence-corrected chi connectivity index (χ1v) is 32.9. The van der Waals surface area contributed by atoms with Crippen molar-refractivity contribution in [2.24, 2.45) is 0 Å². The molecule has 0 spiro atoms. The van der Waals surface area contributed by atoms with Crippen LogP contribution in [0.3, 0.4) is 0 Å².